The predicted octanol–water partition coefficient (Wildman–Crippen LogP) is 2.38. The summed E-state index contributed by atoms with van der Waals surface area (Å²) < 4.78 is 1.11. The third-order valence-electron chi connectivity index (χ3n) is 1.85. The van der Waals surface area contributed by atoms with Gasteiger partial charge in [-0.25, -0.2) is 4.79 Å². The van der Waals surface area contributed by atoms with E-state index < -0.39 is 5.91 Å². The molecule has 0 spiro atoms. The van der Waals surface area contributed by atoms with Crippen LogP contribution in [0.2, 0.25) is 0 Å². The van der Waals surface area contributed by atoms with Gasteiger partial charge in [0, 0.05) is 10.3 Å². The molecule has 3 nitrogen and oxygen atoms in total. The maximum absolute atomic E-state index is 11.2. The average Bonchev–Trinajstić information content (AvgIpc) is 2.64. The number of thiophene rings is 1. The van der Waals surface area contributed by atoms with Crippen molar-refractivity contribution in [2.75, 3.05) is 0 Å². The van der Waals surface area contributed by atoms with Crippen LogP contribution in [-0.2, 0) is 4.79 Å². The summed E-state index contributed by atoms with van der Waals surface area (Å²) in [5, 5.41) is 2.93. The second kappa shape index (κ2) is 3.54. The lowest BCUT2D eigenvalue weighted by Gasteiger charge is -1.93. The van der Waals surface area contributed by atoms with E-state index in [2.05, 4.69) is 4.99 Å². The van der Waals surface area contributed by atoms with Crippen molar-refractivity contribution >= 4 is 33.4 Å². The fourth-order valence-electron chi connectivity index (χ4n) is 1.21. The maximum Gasteiger partial charge on any atom is 0.287 e. The van der Waals surface area contributed by atoms with Crippen LogP contribution in [0.25, 0.3) is 10.1 Å². The number of amides is 1. The Morgan fingerprint density at radius 1 is 1.36 bits per heavy atom. The highest BCUT2D eigenvalue weighted by atomic mass is 32.1. The summed E-state index contributed by atoms with van der Waals surface area (Å²) in [5.74, 6) is -0.548. The molecule has 0 radical (unpaired) electrons. The summed E-state index contributed by atoms with van der Waals surface area (Å²) in [6.45, 7) is 0. The summed E-state index contributed by atoms with van der Waals surface area (Å²) in [7, 11) is 0. The lowest BCUT2D eigenvalue weighted by atomic mass is 10.1. The summed E-state index contributed by atoms with van der Waals surface area (Å²) in [5.41, 5.74) is 0.416. The monoisotopic (exact) mass is 203 g/mol. The van der Waals surface area contributed by atoms with Crippen LogP contribution in [-0.4, -0.2) is 12.0 Å². The van der Waals surface area contributed by atoms with E-state index in [1.165, 1.54) is 6.08 Å². The second-order valence-electron chi connectivity index (χ2n) is 2.68. The third-order valence-corrected chi connectivity index (χ3v) is 2.74. The molecule has 1 amide bonds. The molecule has 1 aromatic heterocycles. The fourth-order valence-corrected chi connectivity index (χ4v) is 1.98. The summed E-state index contributed by atoms with van der Waals surface area (Å²) in [6.07, 6.45) is 1.24. The van der Waals surface area contributed by atoms with Crippen LogP contribution in [0.4, 0.5) is 0 Å². The smallest absolute Gasteiger partial charge is 0.266 e. The molecule has 4 heteroatoms. The number of nitrogens with zero attached hydrogens (tertiary/aromatic N) is 1. The summed E-state index contributed by atoms with van der Waals surface area (Å²) in [6, 6.07) is 7.13. The molecule has 0 aliphatic carbocycles. The van der Waals surface area contributed by atoms with Gasteiger partial charge in [0.15, 0.2) is 0 Å². The molecule has 0 atom stereocenters. The molecule has 0 saturated carbocycles. The van der Waals surface area contributed by atoms with Gasteiger partial charge in [-0.05, 0) is 35.0 Å². The number of hydrogen-bond donors (Lipinski definition) is 0. The van der Waals surface area contributed by atoms with Gasteiger partial charge in [-0.3, -0.25) is 4.79 Å². The highest BCUT2D eigenvalue weighted by Crippen LogP contribution is 2.21. The van der Waals surface area contributed by atoms with Crippen molar-refractivity contribution in [3.8, 4) is 0 Å². The van der Waals surface area contributed by atoms with Gasteiger partial charge < -0.3 is 0 Å². The van der Waals surface area contributed by atoms with Crippen molar-refractivity contribution in [2.24, 2.45) is 4.99 Å². The molecule has 0 bridgehead atoms. The largest absolute Gasteiger partial charge is 0.287 e. The first-order valence-electron chi connectivity index (χ1n) is 3.91. The van der Waals surface area contributed by atoms with Crippen molar-refractivity contribution < 1.29 is 9.59 Å². The van der Waals surface area contributed by atoms with Crippen LogP contribution in [0.1, 0.15) is 10.4 Å². The number of rotatable bonds is 1. The highest BCUT2D eigenvalue weighted by molar-refractivity contribution is 7.17. The molecular weight excluding hydrogens is 198 g/mol. The zero-order chi connectivity index (χ0) is 9.97. The van der Waals surface area contributed by atoms with Crippen molar-refractivity contribution in [3.63, 3.8) is 0 Å². The topological polar surface area (TPSA) is 46.5 Å². The highest BCUT2D eigenvalue weighted by Gasteiger charge is 2.04. The van der Waals surface area contributed by atoms with E-state index in [-0.39, 0.29) is 0 Å². The number of carbonyl (C=O) groups excluding carboxylic acids is 2. The molecule has 1 heterocycles. The van der Waals surface area contributed by atoms with Crippen LogP contribution in [0.5, 0.6) is 0 Å². The maximum atomic E-state index is 11.2. The van der Waals surface area contributed by atoms with Crippen molar-refractivity contribution in [2.45, 2.75) is 0 Å². The molecule has 2 rings (SSSR count). The van der Waals surface area contributed by atoms with Gasteiger partial charge in [0.1, 0.15) is 0 Å². The number of aliphatic imine (C=N–C) groups is 1. The number of benzene rings is 1. The van der Waals surface area contributed by atoms with E-state index >= 15 is 0 Å². The van der Waals surface area contributed by atoms with Crippen LogP contribution >= 0.6 is 11.3 Å². The molecule has 1 aromatic carbocycles. The van der Waals surface area contributed by atoms with Crippen LogP contribution in [0, 0.1) is 0 Å². The van der Waals surface area contributed by atoms with Gasteiger partial charge in [-0.2, -0.15) is 0 Å². The Labute approximate surface area is 83.7 Å². The number of carbonyl (C=O) groups is 1. The minimum atomic E-state index is -0.548. The summed E-state index contributed by atoms with van der Waals surface area (Å²) in [4.78, 5) is 24.1. The first kappa shape index (κ1) is 8.81. The molecule has 2 aromatic rings. The van der Waals surface area contributed by atoms with E-state index in [0.29, 0.717) is 5.56 Å². The Kier molecular flexibility index (Phi) is 2.23. The zero-order valence-corrected chi connectivity index (χ0v) is 7.88. The van der Waals surface area contributed by atoms with Gasteiger partial charge in [-0.15, -0.1) is 16.3 Å². The molecule has 0 unspecified atom stereocenters. The van der Waals surface area contributed by atoms with Gasteiger partial charge in [-0.1, -0.05) is 0 Å². The van der Waals surface area contributed by atoms with E-state index in [0.717, 1.165) is 10.1 Å². The summed E-state index contributed by atoms with van der Waals surface area (Å²) >= 11 is 1.60. The van der Waals surface area contributed by atoms with E-state index in [4.69, 9.17) is 0 Å². The average molecular weight is 203 g/mol. The minimum absolute atomic E-state index is 0.416. The Morgan fingerprint density at radius 2 is 2.21 bits per heavy atom. The molecule has 0 aliphatic rings. The predicted molar refractivity (Wildman–Crippen MR) is 54.3 cm³/mol. The minimum Gasteiger partial charge on any atom is -0.266 e. The molecule has 14 heavy (non-hydrogen) atoms. The normalized spacial score (nSPS) is 9.71. The molecule has 0 aliphatic heterocycles. The van der Waals surface area contributed by atoms with Gasteiger partial charge in [0.05, 0.1) is 0 Å². The Bertz CT molecular complexity index is 538. The Balaban J connectivity index is 2.53. The van der Waals surface area contributed by atoms with E-state index in [1.807, 2.05) is 17.5 Å². The van der Waals surface area contributed by atoms with Crippen molar-refractivity contribution in [1.82, 2.24) is 0 Å². The first-order chi connectivity index (χ1) is 6.81. The lowest BCUT2D eigenvalue weighted by molar-refractivity contribution is 0.100. The Morgan fingerprint density at radius 3 is 3.00 bits per heavy atom. The molecule has 0 N–H and O–H groups in total. The number of hydrogen-bond acceptors (Lipinski definition) is 3. The molecule has 0 fully saturated rings. The van der Waals surface area contributed by atoms with Crippen LogP contribution in [0.15, 0.2) is 34.6 Å². The quantitative estimate of drug-likeness (QED) is 0.527. The third kappa shape index (κ3) is 1.48. The van der Waals surface area contributed by atoms with Gasteiger partial charge in [0.25, 0.3) is 5.91 Å². The number of fused-ring (bicyclic) bond motifs is 1. The number of isocyanates is 1. The van der Waals surface area contributed by atoms with Gasteiger partial charge in [0.2, 0.25) is 6.08 Å². The van der Waals surface area contributed by atoms with Crippen LogP contribution in [0.3, 0.4) is 0 Å². The fraction of sp³-hybridized carbons (Fsp3) is 0. The lowest BCUT2D eigenvalue weighted by Crippen LogP contribution is -1.92. The van der Waals surface area contributed by atoms with Crippen molar-refractivity contribution in [1.29, 1.82) is 0 Å². The SMILES string of the molecule is O=C=NC(=O)c1ccc2sccc2c1. The van der Waals surface area contributed by atoms with Gasteiger partial charge >= 0.3 is 0 Å². The van der Waals surface area contributed by atoms with E-state index in [1.54, 1.807) is 23.5 Å². The first-order valence-corrected chi connectivity index (χ1v) is 4.78. The second-order valence-corrected chi connectivity index (χ2v) is 3.63. The Hall–Kier alpha value is -1.77. The van der Waals surface area contributed by atoms with E-state index in [9.17, 15) is 9.59 Å². The molecule has 68 valence electrons. The standard InChI is InChI=1S/C10H5NO2S/c12-6-11-10(13)8-1-2-9-7(5-8)3-4-14-9/h1-5H. The van der Waals surface area contributed by atoms with Crippen LogP contribution < -0.4 is 0 Å². The molecule has 0 saturated heterocycles. The molecular formula is C10H5NO2S. The zero-order valence-electron chi connectivity index (χ0n) is 7.06. The van der Waals surface area contributed by atoms with Crippen molar-refractivity contribution in [3.05, 3.63) is 35.2 Å².